The fourth-order valence-corrected chi connectivity index (χ4v) is 3.15. The van der Waals surface area contributed by atoms with E-state index in [9.17, 15) is 4.79 Å². The smallest absolute Gasteiger partial charge is 0.341 e. The van der Waals surface area contributed by atoms with Gasteiger partial charge in [0, 0.05) is 0 Å². The van der Waals surface area contributed by atoms with Gasteiger partial charge >= 0.3 is 5.97 Å². The summed E-state index contributed by atoms with van der Waals surface area (Å²) < 4.78 is 6.18. The molecule has 0 saturated heterocycles. The number of benzene rings is 2. The fraction of sp³-hybridized carbons (Fsp3) is 0.0588. The molecule has 0 aliphatic rings. The van der Waals surface area contributed by atoms with E-state index in [0.29, 0.717) is 10.8 Å². The molecule has 0 amide bonds. The molecule has 1 aromatic heterocycles. The summed E-state index contributed by atoms with van der Waals surface area (Å²) in [4.78, 5) is 15.0. The van der Waals surface area contributed by atoms with Crippen molar-refractivity contribution in [1.29, 1.82) is 0 Å². The Morgan fingerprint density at radius 2 is 1.96 bits per heavy atom. The zero-order valence-electron chi connectivity index (χ0n) is 11.9. The topological polar surface area (TPSA) is 59.4 Å². The molecule has 116 valence electrons. The van der Waals surface area contributed by atoms with Gasteiger partial charge in [0.25, 0.3) is 0 Å². The van der Waals surface area contributed by atoms with Gasteiger partial charge in [0.05, 0.1) is 15.2 Å². The third-order valence-corrected chi connectivity index (χ3v) is 4.50. The summed E-state index contributed by atoms with van der Waals surface area (Å²) in [5, 5.41) is 9.90. The summed E-state index contributed by atoms with van der Waals surface area (Å²) in [6.07, 6.45) is 1.82. The summed E-state index contributed by atoms with van der Waals surface area (Å²) in [7, 11) is 0. The lowest BCUT2D eigenvalue weighted by Gasteiger charge is -2.03. The first kappa shape index (κ1) is 15.5. The Hall–Kier alpha value is -2.37. The van der Waals surface area contributed by atoms with E-state index < -0.39 is 5.97 Å². The lowest BCUT2D eigenvalue weighted by Crippen LogP contribution is -2.09. The van der Waals surface area contributed by atoms with Crippen molar-refractivity contribution >= 4 is 50.2 Å². The zero-order chi connectivity index (χ0) is 16.2. The van der Waals surface area contributed by atoms with E-state index in [4.69, 9.17) is 21.4 Å². The van der Waals surface area contributed by atoms with E-state index in [1.165, 1.54) is 11.3 Å². The van der Waals surface area contributed by atoms with Crippen LogP contribution in [0.1, 0.15) is 10.6 Å². The van der Waals surface area contributed by atoms with Gasteiger partial charge in [-0.2, -0.15) is 0 Å². The number of thiazole rings is 1. The number of carbonyl (C=O) groups is 1. The Labute approximate surface area is 141 Å². The van der Waals surface area contributed by atoms with E-state index in [-0.39, 0.29) is 6.61 Å². The van der Waals surface area contributed by atoms with Crippen LogP contribution in [0.25, 0.3) is 21.3 Å². The van der Waals surface area contributed by atoms with Crippen LogP contribution in [0.5, 0.6) is 5.75 Å². The summed E-state index contributed by atoms with van der Waals surface area (Å²) in [6.45, 7) is -0.359. The van der Waals surface area contributed by atoms with E-state index in [0.717, 1.165) is 20.8 Å². The van der Waals surface area contributed by atoms with Crippen molar-refractivity contribution in [2.45, 2.75) is 0 Å². The van der Waals surface area contributed by atoms with Crippen molar-refractivity contribution in [3.05, 3.63) is 59.1 Å². The summed E-state index contributed by atoms with van der Waals surface area (Å²) in [5.74, 6) is -0.506. The molecule has 0 aliphatic carbocycles. The standard InChI is InChI=1S/C17H12ClNO3S/c18-13(17-19-14-3-1-2-4-15(14)23-17)9-11-5-7-12(8-6-11)22-10-16(20)21/h1-9H,10H2,(H,20,21)/b13-9-. The number of rotatable bonds is 5. The maximum absolute atomic E-state index is 10.5. The Morgan fingerprint density at radius 3 is 2.65 bits per heavy atom. The molecule has 3 aromatic rings. The number of aromatic nitrogens is 1. The van der Waals surface area contributed by atoms with E-state index >= 15 is 0 Å². The fourth-order valence-electron chi connectivity index (χ4n) is 1.99. The molecule has 23 heavy (non-hydrogen) atoms. The van der Waals surface area contributed by atoms with Gasteiger partial charge in [-0.05, 0) is 35.9 Å². The number of para-hydroxylation sites is 1. The molecule has 1 N–H and O–H groups in total. The van der Waals surface area contributed by atoms with Gasteiger partial charge < -0.3 is 9.84 Å². The third kappa shape index (κ3) is 3.88. The van der Waals surface area contributed by atoms with Gasteiger partial charge in [0.2, 0.25) is 0 Å². The molecule has 0 spiro atoms. The lowest BCUT2D eigenvalue weighted by molar-refractivity contribution is -0.139. The predicted octanol–water partition coefficient (Wildman–Crippen LogP) is 4.50. The molecule has 3 rings (SSSR count). The largest absolute Gasteiger partial charge is 0.482 e. The van der Waals surface area contributed by atoms with Crippen LogP contribution in [0.15, 0.2) is 48.5 Å². The predicted molar refractivity (Wildman–Crippen MR) is 92.9 cm³/mol. The average Bonchev–Trinajstić information content (AvgIpc) is 2.98. The second-order valence-electron chi connectivity index (χ2n) is 4.73. The Balaban J connectivity index is 1.78. The number of carboxylic acid groups (broad SMARTS) is 1. The third-order valence-electron chi connectivity index (χ3n) is 3.03. The second-order valence-corrected chi connectivity index (χ2v) is 6.17. The highest BCUT2D eigenvalue weighted by molar-refractivity contribution is 7.20. The van der Waals surface area contributed by atoms with Crippen LogP contribution < -0.4 is 4.74 Å². The minimum atomic E-state index is -1.01. The molecule has 0 atom stereocenters. The van der Waals surface area contributed by atoms with Crippen molar-refractivity contribution in [3.63, 3.8) is 0 Å². The number of halogens is 1. The van der Waals surface area contributed by atoms with Crippen LogP contribution >= 0.6 is 22.9 Å². The number of hydrogen-bond acceptors (Lipinski definition) is 4. The van der Waals surface area contributed by atoms with E-state index in [2.05, 4.69) is 4.98 Å². The van der Waals surface area contributed by atoms with Crippen molar-refractivity contribution in [2.24, 2.45) is 0 Å². The van der Waals surface area contributed by atoms with Gasteiger partial charge in [0.1, 0.15) is 10.8 Å². The minimum absolute atomic E-state index is 0.359. The molecular weight excluding hydrogens is 334 g/mol. The van der Waals surface area contributed by atoms with Crippen LogP contribution in [-0.4, -0.2) is 22.7 Å². The summed E-state index contributed by atoms with van der Waals surface area (Å²) in [5.41, 5.74) is 1.81. The first-order valence-electron chi connectivity index (χ1n) is 6.79. The number of carboxylic acids is 1. The molecule has 0 saturated carbocycles. The minimum Gasteiger partial charge on any atom is -0.482 e. The van der Waals surface area contributed by atoms with Crippen LogP contribution in [-0.2, 0) is 4.79 Å². The second kappa shape index (κ2) is 6.81. The molecule has 0 unspecified atom stereocenters. The molecule has 0 radical (unpaired) electrons. The van der Waals surface area contributed by atoms with Crippen LogP contribution in [0.2, 0.25) is 0 Å². The molecule has 2 aromatic carbocycles. The molecule has 0 bridgehead atoms. The van der Waals surface area contributed by atoms with Crippen molar-refractivity contribution < 1.29 is 14.6 Å². The van der Waals surface area contributed by atoms with Gasteiger partial charge in [-0.15, -0.1) is 11.3 Å². The average molecular weight is 346 g/mol. The van der Waals surface area contributed by atoms with Crippen molar-refractivity contribution in [3.8, 4) is 5.75 Å². The normalized spacial score (nSPS) is 11.6. The molecular formula is C17H12ClNO3S. The maximum atomic E-state index is 10.5. The van der Waals surface area contributed by atoms with E-state index in [1.54, 1.807) is 12.1 Å². The summed E-state index contributed by atoms with van der Waals surface area (Å²) >= 11 is 7.89. The number of fused-ring (bicyclic) bond motifs is 1. The highest BCUT2D eigenvalue weighted by Gasteiger charge is 2.07. The van der Waals surface area contributed by atoms with Crippen LogP contribution in [0.3, 0.4) is 0 Å². The first-order chi connectivity index (χ1) is 11.1. The van der Waals surface area contributed by atoms with E-state index in [1.807, 2.05) is 42.5 Å². The van der Waals surface area contributed by atoms with Crippen molar-refractivity contribution in [2.75, 3.05) is 6.61 Å². The maximum Gasteiger partial charge on any atom is 0.341 e. The van der Waals surface area contributed by atoms with Gasteiger partial charge in [0.15, 0.2) is 6.61 Å². The Bertz CT molecular complexity index is 838. The highest BCUT2D eigenvalue weighted by atomic mass is 35.5. The molecule has 0 aliphatic heterocycles. The monoisotopic (exact) mass is 345 g/mol. The van der Waals surface area contributed by atoms with Crippen LogP contribution in [0.4, 0.5) is 0 Å². The van der Waals surface area contributed by atoms with Crippen molar-refractivity contribution in [1.82, 2.24) is 4.98 Å². The SMILES string of the molecule is O=C(O)COc1ccc(/C=C(\Cl)c2nc3ccccc3s2)cc1. The summed E-state index contributed by atoms with van der Waals surface area (Å²) in [6, 6.07) is 14.9. The molecule has 1 heterocycles. The number of aliphatic carboxylic acids is 1. The van der Waals surface area contributed by atoms with Crippen LogP contribution in [0, 0.1) is 0 Å². The highest BCUT2D eigenvalue weighted by Crippen LogP contribution is 2.30. The zero-order valence-corrected chi connectivity index (χ0v) is 13.5. The Kier molecular flexibility index (Phi) is 4.60. The quantitative estimate of drug-likeness (QED) is 0.739. The first-order valence-corrected chi connectivity index (χ1v) is 7.99. The van der Waals surface area contributed by atoms with Gasteiger partial charge in [-0.3, -0.25) is 0 Å². The number of hydrogen-bond donors (Lipinski definition) is 1. The molecule has 6 heteroatoms. The molecule has 0 fully saturated rings. The van der Waals surface area contributed by atoms with Gasteiger partial charge in [-0.25, -0.2) is 9.78 Å². The molecule has 4 nitrogen and oxygen atoms in total. The number of nitrogens with zero attached hydrogens (tertiary/aromatic N) is 1. The van der Waals surface area contributed by atoms with Gasteiger partial charge in [-0.1, -0.05) is 35.9 Å². The lowest BCUT2D eigenvalue weighted by atomic mass is 10.2. The Morgan fingerprint density at radius 1 is 1.22 bits per heavy atom. The number of ether oxygens (including phenoxy) is 1.